The number of rotatable bonds is 7. The summed E-state index contributed by atoms with van der Waals surface area (Å²) in [4.78, 5) is 0. The molecule has 1 aliphatic rings. The Hall–Kier alpha value is -2.38. The van der Waals surface area contributed by atoms with Gasteiger partial charge in [0.1, 0.15) is 11.3 Å². The molecule has 0 N–H and O–H groups in total. The van der Waals surface area contributed by atoms with Crippen molar-refractivity contribution in [2.24, 2.45) is 5.92 Å². The molecule has 2 nitrogen and oxygen atoms in total. The highest BCUT2D eigenvalue weighted by molar-refractivity contribution is 5.34. The van der Waals surface area contributed by atoms with Crippen molar-refractivity contribution in [3.8, 4) is 11.5 Å². The van der Waals surface area contributed by atoms with E-state index >= 15 is 0 Å². The zero-order chi connectivity index (χ0) is 22.8. The first kappa shape index (κ1) is 23.3. The number of hydrogen-bond acceptors (Lipinski definition) is 2. The first-order valence-corrected chi connectivity index (χ1v) is 10.2. The zero-order valence-corrected chi connectivity index (χ0v) is 17.2. The van der Waals surface area contributed by atoms with Crippen LogP contribution >= 0.6 is 0 Å². The summed E-state index contributed by atoms with van der Waals surface area (Å²) >= 11 is 0. The lowest BCUT2D eigenvalue weighted by Crippen LogP contribution is -2.30. The molecule has 1 aliphatic carbocycles. The highest BCUT2D eigenvalue weighted by atomic mass is 19.3. The topological polar surface area (TPSA) is 18.5 Å². The molecule has 0 saturated heterocycles. The predicted octanol–water partition coefficient (Wildman–Crippen LogP) is 7.42. The van der Waals surface area contributed by atoms with Crippen LogP contribution in [0.15, 0.2) is 36.4 Å². The molecule has 31 heavy (non-hydrogen) atoms. The fraction of sp³-hybridized carbons (Fsp3) is 0.478. The van der Waals surface area contributed by atoms with Crippen molar-refractivity contribution >= 4 is 0 Å². The number of ether oxygens (including phenoxy) is 2. The van der Waals surface area contributed by atoms with Crippen LogP contribution in [-0.2, 0) is 6.11 Å². The normalized spacial score (nSPS) is 19.9. The number of halogens is 6. The Morgan fingerprint density at radius 2 is 1.48 bits per heavy atom. The third-order valence-corrected chi connectivity index (χ3v) is 5.97. The van der Waals surface area contributed by atoms with E-state index in [1.807, 2.05) is 0 Å². The van der Waals surface area contributed by atoms with E-state index in [9.17, 15) is 26.3 Å². The predicted molar refractivity (Wildman–Crippen MR) is 104 cm³/mol. The molecule has 0 aromatic heterocycles. The Balaban J connectivity index is 1.68. The van der Waals surface area contributed by atoms with Gasteiger partial charge in [0.15, 0.2) is 11.6 Å². The summed E-state index contributed by atoms with van der Waals surface area (Å²) in [5.74, 6) is -7.22. The summed E-state index contributed by atoms with van der Waals surface area (Å²) in [7, 11) is 1.09. The van der Waals surface area contributed by atoms with Crippen molar-refractivity contribution in [1.82, 2.24) is 0 Å². The summed E-state index contributed by atoms with van der Waals surface area (Å²) in [6.07, 6.45) is -2.29. The van der Waals surface area contributed by atoms with Crippen LogP contribution in [0.2, 0.25) is 0 Å². The standard InChI is InChI=1S/C23H24F6O2/c1-3-22(26,27)16-8-4-14(5-9-16)15-6-10-17(11-7-15)31-23(28,29)18-12-13-19(30-2)21(25)20(18)24/h6-7,10-14,16H,3-5,8-9H2,1-2H3. The molecule has 0 spiro atoms. The van der Waals surface area contributed by atoms with Gasteiger partial charge in [0.2, 0.25) is 5.82 Å². The molecule has 0 unspecified atom stereocenters. The maximum atomic E-state index is 14.4. The lowest BCUT2D eigenvalue weighted by atomic mass is 9.76. The van der Waals surface area contributed by atoms with Gasteiger partial charge < -0.3 is 9.47 Å². The Labute approximate surface area is 177 Å². The molecule has 3 rings (SSSR count). The minimum Gasteiger partial charge on any atom is -0.494 e. The third-order valence-electron chi connectivity index (χ3n) is 5.97. The van der Waals surface area contributed by atoms with Crippen LogP contribution in [0.5, 0.6) is 11.5 Å². The van der Waals surface area contributed by atoms with Crippen molar-refractivity contribution in [3.05, 3.63) is 59.2 Å². The summed E-state index contributed by atoms with van der Waals surface area (Å²) in [6, 6.07) is 7.42. The highest BCUT2D eigenvalue weighted by Gasteiger charge is 2.41. The minimum atomic E-state index is -4.11. The van der Waals surface area contributed by atoms with E-state index in [2.05, 4.69) is 9.47 Å². The Morgan fingerprint density at radius 3 is 2.03 bits per heavy atom. The van der Waals surface area contributed by atoms with Gasteiger partial charge in [-0.2, -0.15) is 13.2 Å². The molecule has 0 aliphatic heterocycles. The number of methoxy groups -OCH3 is 1. The van der Waals surface area contributed by atoms with E-state index in [0.717, 1.165) is 18.7 Å². The lowest BCUT2D eigenvalue weighted by molar-refractivity contribution is -0.187. The molecular weight excluding hydrogens is 422 g/mol. The van der Waals surface area contributed by atoms with Gasteiger partial charge in [-0.3, -0.25) is 0 Å². The maximum absolute atomic E-state index is 14.4. The van der Waals surface area contributed by atoms with E-state index in [1.165, 1.54) is 19.1 Å². The molecule has 8 heteroatoms. The van der Waals surface area contributed by atoms with Gasteiger partial charge in [0, 0.05) is 12.3 Å². The van der Waals surface area contributed by atoms with Crippen LogP contribution in [0.25, 0.3) is 0 Å². The fourth-order valence-electron chi connectivity index (χ4n) is 4.06. The van der Waals surface area contributed by atoms with Gasteiger partial charge in [0.25, 0.3) is 5.92 Å². The maximum Gasteiger partial charge on any atom is 0.429 e. The van der Waals surface area contributed by atoms with Crippen LogP contribution in [0.4, 0.5) is 26.3 Å². The summed E-state index contributed by atoms with van der Waals surface area (Å²) in [6.45, 7) is 1.48. The molecule has 0 bridgehead atoms. The molecular formula is C23H24F6O2. The van der Waals surface area contributed by atoms with E-state index in [4.69, 9.17) is 0 Å². The van der Waals surface area contributed by atoms with Crippen LogP contribution in [0, 0.1) is 17.6 Å². The van der Waals surface area contributed by atoms with Crippen LogP contribution in [0.3, 0.4) is 0 Å². The Bertz CT molecular complexity index is 890. The molecule has 2 aromatic rings. The SMILES string of the molecule is CCC(F)(F)C1CCC(c2ccc(OC(F)(F)c3ccc(OC)c(F)c3F)cc2)CC1. The Kier molecular flexibility index (Phi) is 6.76. The summed E-state index contributed by atoms with van der Waals surface area (Å²) in [5.41, 5.74) is -0.402. The van der Waals surface area contributed by atoms with Gasteiger partial charge in [-0.15, -0.1) is 0 Å². The molecule has 2 aromatic carbocycles. The quantitative estimate of drug-likeness (QED) is 0.412. The van der Waals surface area contributed by atoms with Crippen LogP contribution in [-0.4, -0.2) is 13.0 Å². The second kappa shape index (κ2) is 9.01. The second-order valence-electron chi connectivity index (χ2n) is 7.79. The van der Waals surface area contributed by atoms with Crippen LogP contribution < -0.4 is 9.47 Å². The number of alkyl halides is 4. The van der Waals surface area contributed by atoms with E-state index in [1.54, 1.807) is 12.1 Å². The molecule has 1 fully saturated rings. The summed E-state index contributed by atoms with van der Waals surface area (Å²) in [5, 5.41) is 0. The van der Waals surface area contributed by atoms with Gasteiger partial charge in [-0.1, -0.05) is 19.1 Å². The molecule has 1 saturated carbocycles. The molecule has 170 valence electrons. The van der Waals surface area contributed by atoms with Crippen LogP contribution in [0.1, 0.15) is 56.1 Å². The molecule has 0 atom stereocenters. The minimum absolute atomic E-state index is 0.0617. The monoisotopic (exact) mass is 446 g/mol. The average molecular weight is 446 g/mol. The lowest BCUT2D eigenvalue weighted by Gasteiger charge is -2.33. The Morgan fingerprint density at radius 1 is 0.871 bits per heavy atom. The van der Waals surface area contributed by atoms with Crippen molar-refractivity contribution < 1.29 is 35.8 Å². The van der Waals surface area contributed by atoms with Gasteiger partial charge >= 0.3 is 6.11 Å². The van der Waals surface area contributed by atoms with E-state index in [0.29, 0.717) is 31.7 Å². The smallest absolute Gasteiger partial charge is 0.429 e. The number of hydrogen-bond donors (Lipinski definition) is 0. The van der Waals surface area contributed by atoms with Gasteiger partial charge in [-0.25, -0.2) is 13.2 Å². The molecule has 0 radical (unpaired) electrons. The van der Waals surface area contributed by atoms with Gasteiger partial charge in [0.05, 0.1) is 7.11 Å². The largest absolute Gasteiger partial charge is 0.494 e. The second-order valence-corrected chi connectivity index (χ2v) is 7.79. The zero-order valence-electron chi connectivity index (χ0n) is 17.2. The van der Waals surface area contributed by atoms with Crippen molar-refractivity contribution in [1.29, 1.82) is 0 Å². The first-order valence-electron chi connectivity index (χ1n) is 10.2. The highest BCUT2D eigenvalue weighted by Crippen LogP contribution is 2.44. The van der Waals surface area contributed by atoms with Crippen molar-refractivity contribution in [2.75, 3.05) is 7.11 Å². The third kappa shape index (κ3) is 4.93. The molecule has 0 heterocycles. The average Bonchev–Trinajstić information content (AvgIpc) is 2.76. The summed E-state index contributed by atoms with van der Waals surface area (Å²) < 4.78 is 93.6. The van der Waals surface area contributed by atoms with E-state index < -0.39 is 40.9 Å². The van der Waals surface area contributed by atoms with E-state index in [-0.39, 0.29) is 18.1 Å². The van der Waals surface area contributed by atoms with Crippen molar-refractivity contribution in [3.63, 3.8) is 0 Å². The van der Waals surface area contributed by atoms with Gasteiger partial charge in [-0.05, 0) is 61.4 Å². The fourth-order valence-corrected chi connectivity index (χ4v) is 4.06. The van der Waals surface area contributed by atoms with Crippen molar-refractivity contribution in [2.45, 2.75) is 57.0 Å². The first-order chi connectivity index (χ1) is 14.6. The number of benzene rings is 2. The molecule has 0 amide bonds.